The molecule has 1 amide bonds. The Morgan fingerprint density at radius 1 is 0.931 bits per heavy atom. The molecule has 3 aromatic rings. The van der Waals surface area contributed by atoms with Gasteiger partial charge in [0.1, 0.15) is 18.2 Å². The molecule has 3 rings (SSSR count). The molecule has 29 heavy (non-hydrogen) atoms. The van der Waals surface area contributed by atoms with Crippen LogP contribution in [0.1, 0.15) is 22.8 Å². The number of carbonyl (C=O) groups excluding carboxylic acids is 1. The number of ether oxygens (including phenoxy) is 3. The van der Waals surface area contributed by atoms with Gasteiger partial charge < -0.3 is 19.5 Å². The lowest BCUT2D eigenvalue weighted by Crippen LogP contribution is -2.13. The molecule has 0 atom stereocenters. The van der Waals surface area contributed by atoms with Crippen LogP contribution in [0.15, 0.2) is 66.7 Å². The number of halogens is 1. The summed E-state index contributed by atoms with van der Waals surface area (Å²) in [5.41, 5.74) is 1.51. The van der Waals surface area contributed by atoms with Gasteiger partial charge in [-0.15, -0.1) is 0 Å². The second-order valence-corrected chi connectivity index (χ2v) is 6.16. The van der Waals surface area contributed by atoms with E-state index in [1.165, 1.54) is 18.2 Å². The molecule has 0 spiro atoms. The van der Waals surface area contributed by atoms with Crippen molar-refractivity contribution in [2.45, 2.75) is 13.5 Å². The first-order chi connectivity index (χ1) is 14.1. The van der Waals surface area contributed by atoms with E-state index in [4.69, 9.17) is 14.2 Å². The lowest BCUT2D eigenvalue weighted by atomic mass is 10.1. The molecule has 0 saturated carbocycles. The predicted octanol–water partition coefficient (Wildman–Crippen LogP) is 5.06. The number of benzene rings is 3. The summed E-state index contributed by atoms with van der Waals surface area (Å²) in [4.78, 5) is 12.6. The van der Waals surface area contributed by atoms with E-state index in [-0.39, 0.29) is 12.5 Å². The second kappa shape index (κ2) is 9.59. The Kier molecular flexibility index (Phi) is 6.68. The van der Waals surface area contributed by atoms with Crippen molar-refractivity contribution in [1.82, 2.24) is 0 Å². The molecule has 0 radical (unpaired) electrons. The number of methoxy groups -OCH3 is 1. The van der Waals surface area contributed by atoms with Gasteiger partial charge in [-0.3, -0.25) is 4.79 Å². The van der Waals surface area contributed by atoms with E-state index in [2.05, 4.69) is 5.32 Å². The van der Waals surface area contributed by atoms with Crippen molar-refractivity contribution in [3.63, 3.8) is 0 Å². The number of amides is 1. The van der Waals surface area contributed by atoms with Gasteiger partial charge in [-0.25, -0.2) is 4.39 Å². The standard InChI is InChI=1S/C23H22FNO4/c1-3-28-20-12-11-16(23(26)25-19-8-6-7-18(24)14-19)13-17(20)15-29-22-10-5-4-9-21(22)27-2/h4-14H,3,15H2,1-2H3,(H,25,26). The molecule has 3 aromatic carbocycles. The molecular weight excluding hydrogens is 373 g/mol. The number of hydrogen-bond donors (Lipinski definition) is 1. The summed E-state index contributed by atoms with van der Waals surface area (Å²) in [5, 5.41) is 2.69. The smallest absolute Gasteiger partial charge is 0.255 e. The van der Waals surface area contributed by atoms with Gasteiger partial charge in [0.2, 0.25) is 0 Å². The molecule has 6 heteroatoms. The van der Waals surface area contributed by atoms with Gasteiger partial charge in [-0.05, 0) is 55.5 Å². The molecule has 150 valence electrons. The minimum Gasteiger partial charge on any atom is -0.493 e. The number of para-hydroxylation sites is 2. The van der Waals surface area contributed by atoms with Gasteiger partial charge in [-0.1, -0.05) is 18.2 Å². The van der Waals surface area contributed by atoms with Crippen molar-refractivity contribution in [2.75, 3.05) is 19.0 Å². The number of rotatable bonds is 8. The number of anilines is 1. The highest BCUT2D eigenvalue weighted by molar-refractivity contribution is 6.04. The Hall–Kier alpha value is -3.54. The van der Waals surface area contributed by atoms with Crippen molar-refractivity contribution in [3.8, 4) is 17.2 Å². The third kappa shape index (κ3) is 5.25. The summed E-state index contributed by atoms with van der Waals surface area (Å²) in [6.07, 6.45) is 0. The van der Waals surface area contributed by atoms with Gasteiger partial charge in [0.05, 0.1) is 13.7 Å². The molecule has 0 fully saturated rings. The van der Waals surface area contributed by atoms with E-state index in [0.29, 0.717) is 40.7 Å². The Morgan fingerprint density at radius 2 is 1.72 bits per heavy atom. The third-order valence-corrected chi connectivity index (χ3v) is 4.16. The molecule has 0 saturated heterocycles. The normalized spacial score (nSPS) is 10.3. The summed E-state index contributed by atoms with van der Waals surface area (Å²) in [7, 11) is 1.57. The zero-order chi connectivity index (χ0) is 20.6. The first kappa shape index (κ1) is 20.2. The highest BCUT2D eigenvalue weighted by Gasteiger charge is 2.13. The third-order valence-electron chi connectivity index (χ3n) is 4.16. The number of carbonyl (C=O) groups is 1. The Bertz CT molecular complexity index is 990. The van der Waals surface area contributed by atoms with Crippen LogP contribution >= 0.6 is 0 Å². The maximum atomic E-state index is 13.4. The van der Waals surface area contributed by atoms with Crippen molar-refractivity contribution < 1.29 is 23.4 Å². The maximum absolute atomic E-state index is 13.4. The molecule has 0 aromatic heterocycles. The summed E-state index contributed by atoms with van der Waals surface area (Å²) in [6, 6.07) is 18.2. The van der Waals surface area contributed by atoms with E-state index < -0.39 is 5.82 Å². The van der Waals surface area contributed by atoms with Crippen LogP contribution in [-0.4, -0.2) is 19.6 Å². The molecule has 0 aliphatic rings. The average Bonchev–Trinajstić information content (AvgIpc) is 2.73. The van der Waals surface area contributed by atoms with Crippen LogP contribution in [0, 0.1) is 5.82 Å². The molecule has 0 unspecified atom stereocenters. The van der Waals surface area contributed by atoms with Crippen molar-refractivity contribution in [1.29, 1.82) is 0 Å². The molecular formula is C23H22FNO4. The highest BCUT2D eigenvalue weighted by atomic mass is 19.1. The Morgan fingerprint density at radius 3 is 2.45 bits per heavy atom. The van der Waals surface area contributed by atoms with Gasteiger partial charge in [0, 0.05) is 16.8 Å². The SMILES string of the molecule is CCOc1ccc(C(=O)Nc2cccc(F)c2)cc1COc1ccccc1OC. The molecule has 0 aliphatic carbocycles. The molecule has 0 heterocycles. The van der Waals surface area contributed by atoms with Gasteiger partial charge in [0.25, 0.3) is 5.91 Å². The summed E-state index contributed by atoms with van der Waals surface area (Å²) in [6.45, 7) is 2.56. The molecule has 1 N–H and O–H groups in total. The zero-order valence-corrected chi connectivity index (χ0v) is 16.3. The van der Waals surface area contributed by atoms with E-state index in [1.807, 2.05) is 25.1 Å². The Balaban J connectivity index is 1.80. The van der Waals surface area contributed by atoms with Crippen LogP contribution in [0.4, 0.5) is 10.1 Å². The van der Waals surface area contributed by atoms with Crippen LogP contribution in [0.2, 0.25) is 0 Å². The molecule has 5 nitrogen and oxygen atoms in total. The van der Waals surface area contributed by atoms with E-state index >= 15 is 0 Å². The van der Waals surface area contributed by atoms with E-state index in [9.17, 15) is 9.18 Å². The van der Waals surface area contributed by atoms with Crippen LogP contribution < -0.4 is 19.5 Å². The maximum Gasteiger partial charge on any atom is 0.255 e. The quantitative estimate of drug-likeness (QED) is 0.579. The monoisotopic (exact) mass is 395 g/mol. The topological polar surface area (TPSA) is 56.8 Å². The fourth-order valence-corrected chi connectivity index (χ4v) is 2.79. The lowest BCUT2D eigenvalue weighted by Gasteiger charge is -2.15. The molecule has 0 bridgehead atoms. The van der Waals surface area contributed by atoms with Crippen molar-refractivity contribution in [3.05, 3.63) is 83.7 Å². The first-order valence-electron chi connectivity index (χ1n) is 9.19. The number of hydrogen-bond acceptors (Lipinski definition) is 4. The Labute approximate surface area is 169 Å². The van der Waals surface area contributed by atoms with Crippen LogP contribution in [-0.2, 0) is 6.61 Å². The van der Waals surface area contributed by atoms with Crippen molar-refractivity contribution >= 4 is 11.6 Å². The van der Waals surface area contributed by atoms with E-state index in [1.54, 1.807) is 37.4 Å². The van der Waals surface area contributed by atoms with Crippen LogP contribution in [0.3, 0.4) is 0 Å². The minimum atomic E-state index is -0.416. The van der Waals surface area contributed by atoms with Crippen LogP contribution in [0.5, 0.6) is 17.2 Å². The summed E-state index contributed by atoms with van der Waals surface area (Å²) in [5.74, 6) is 1.07. The molecule has 0 aliphatic heterocycles. The van der Waals surface area contributed by atoms with Crippen LogP contribution in [0.25, 0.3) is 0 Å². The first-order valence-corrected chi connectivity index (χ1v) is 9.19. The van der Waals surface area contributed by atoms with Gasteiger partial charge in [0.15, 0.2) is 11.5 Å². The van der Waals surface area contributed by atoms with Gasteiger partial charge >= 0.3 is 0 Å². The summed E-state index contributed by atoms with van der Waals surface area (Å²) < 4.78 is 30.2. The fraction of sp³-hybridized carbons (Fsp3) is 0.174. The second-order valence-electron chi connectivity index (χ2n) is 6.16. The highest BCUT2D eigenvalue weighted by Crippen LogP contribution is 2.29. The zero-order valence-electron chi connectivity index (χ0n) is 16.3. The van der Waals surface area contributed by atoms with Gasteiger partial charge in [-0.2, -0.15) is 0 Å². The average molecular weight is 395 g/mol. The predicted molar refractivity (Wildman–Crippen MR) is 109 cm³/mol. The summed E-state index contributed by atoms with van der Waals surface area (Å²) >= 11 is 0. The fourth-order valence-electron chi connectivity index (χ4n) is 2.79. The minimum absolute atomic E-state index is 0.191. The largest absolute Gasteiger partial charge is 0.493 e. The lowest BCUT2D eigenvalue weighted by molar-refractivity contribution is 0.102. The van der Waals surface area contributed by atoms with Crippen molar-refractivity contribution in [2.24, 2.45) is 0 Å². The number of nitrogens with one attached hydrogen (secondary N) is 1. The van der Waals surface area contributed by atoms with E-state index in [0.717, 1.165) is 0 Å².